The van der Waals surface area contributed by atoms with Crippen LogP contribution in [0.4, 0.5) is 5.69 Å². The van der Waals surface area contributed by atoms with Gasteiger partial charge in [0.25, 0.3) is 5.91 Å². The molecule has 30 heavy (non-hydrogen) atoms. The molecule has 1 N–H and O–H groups in total. The summed E-state index contributed by atoms with van der Waals surface area (Å²) < 4.78 is 7.46. The van der Waals surface area contributed by atoms with E-state index in [1.54, 1.807) is 66.5 Å². The second-order valence-corrected chi connectivity index (χ2v) is 7.11. The molecule has 0 unspecified atom stereocenters. The largest absolute Gasteiger partial charge is 0.439 e. The van der Waals surface area contributed by atoms with Gasteiger partial charge in [-0.25, -0.2) is 9.67 Å². The van der Waals surface area contributed by atoms with Crippen LogP contribution in [-0.2, 0) is 0 Å². The van der Waals surface area contributed by atoms with Gasteiger partial charge < -0.3 is 10.1 Å². The Kier molecular flexibility index (Phi) is 5.65. The van der Waals surface area contributed by atoms with Crippen molar-refractivity contribution in [3.8, 4) is 17.4 Å². The molecule has 0 saturated carbocycles. The third-order valence-corrected chi connectivity index (χ3v) is 4.60. The van der Waals surface area contributed by atoms with Crippen LogP contribution in [0.1, 0.15) is 16.2 Å². The average molecular weight is 440 g/mol. The van der Waals surface area contributed by atoms with Crippen LogP contribution in [0, 0.1) is 6.92 Å². The van der Waals surface area contributed by atoms with Gasteiger partial charge in [-0.2, -0.15) is 10.1 Å². The van der Waals surface area contributed by atoms with Crippen molar-refractivity contribution in [2.75, 3.05) is 5.32 Å². The molecule has 2 heterocycles. The molecule has 0 aliphatic carbocycles. The number of nitrogens with one attached hydrogen (secondary N) is 1. The molecular weight excluding hydrogens is 425 g/mol. The molecular formula is C21H15Cl2N5O2. The van der Waals surface area contributed by atoms with Crippen LogP contribution in [0.15, 0.2) is 67.0 Å². The Morgan fingerprint density at radius 2 is 1.87 bits per heavy atom. The van der Waals surface area contributed by atoms with Crippen molar-refractivity contribution in [2.24, 2.45) is 0 Å². The quantitative estimate of drug-likeness (QED) is 0.454. The van der Waals surface area contributed by atoms with Crippen molar-refractivity contribution >= 4 is 34.8 Å². The lowest BCUT2D eigenvalue weighted by atomic mass is 10.2. The summed E-state index contributed by atoms with van der Waals surface area (Å²) in [5, 5.41) is 7.70. The number of halogens is 2. The van der Waals surface area contributed by atoms with E-state index in [4.69, 9.17) is 27.9 Å². The van der Waals surface area contributed by atoms with E-state index in [0.29, 0.717) is 39.5 Å². The third kappa shape index (κ3) is 4.59. The first-order valence-electron chi connectivity index (χ1n) is 8.88. The fourth-order valence-electron chi connectivity index (χ4n) is 2.70. The van der Waals surface area contributed by atoms with Gasteiger partial charge in [-0.05, 0) is 55.5 Å². The number of amides is 1. The van der Waals surface area contributed by atoms with Crippen molar-refractivity contribution in [3.05, 3.63) is 88.4 Å². The second-order valence-electron chi connectivity index (χ2n) is 6.27. The van der Waals surface area contributed by atoms with E-state index < -0.39 is 0 Å². The third-order valence-electron chi connectivity index (χ3n) is 4.05. The average Bonchev–Trinajstić information content (AvgIpc) is 3.24. The van der Waals surface area contributed by atoms with Gasteiger partial charge in [0.2, 0.25) is 5.88 Å². The van der Waals surface area contributed by atoms with E-state index in [9.17, 15) is 4.79 Å². The maximum absolute atomic E-state index is 12.4. The zero-order chi connectivity index (χ0) is 21.1. The number of carbonyl (C=O) groups excluding carboxylic acids is 1. The molecule has 2 aromatic heterocycles. The first-order chi connectivity index (χ1) is 14.5. The summed E-state index contributed by atoms with van der Waals surface area (Å²) in [7, 11) is 0. The molecule has 0 spiro atoms. The summed E-state index contributed by atoms with van der Waals surface area (Å²) in [6, 6.07) is 15.1. The van der Waals surface area contributed by atoms with E-state index in [2.05, 4.69) is 20.4 Å². The number of aryl methyl sites for hydroxylation is 1. The summed E-state index contributed by atoms with van der Waals surface area (Å²) in [4.78, 5) is 21.1. The first kappa shape index (κ1) is 19.9. The lowest BCUT2D eigenvalue weighted by molar-refractivity contribution is 0.102. The summed E-state index contributed by atoms with van der Waals surface area (Å²) in [6.07, 6.45) is 3.46. The minimum Gasteiger partial charge on any atom is -0.439 e. The van der Waals surface area contributed by atoms with Crippen LogP contribution in [0.2, 0.25) is 10.0 Å². The lowest BCUT2D eigenvalue weighted by Gasteiger charge is -2.10. The Bertz CT molecular complexity index is 1190. The SMILES string of the molecule is Cc1nc(Oc2ccc(NC(=O)c3ccc(Cl)cc3Cl)cc2)cc(-n2cccn2)n1. The van der Waals surface area contributed by atoms with E-state index in [0.717, 1.165) is 0 Å². The molecule has 9 heteroatoms. The molecule has 0 radical (unpaired) electrons. The summed E-state index contributed by atoms with van der Waals surface area (Å²) >= 11 is 12.0. The van der Waals surface area contributed by atoms with Gasteiger partial charge in [-0.15, -0.1) is 0 Å². The molecule has 7 nitrogen and oxygen atoms in total. The Hall–Kier alpha value is -3.42. The van der Waals surface area contributed by atoms with E-state index in [-0.39, 0.29) is 10.9 Å². The van der Waals surface area contributed by atoms with Crippen molar-refractivity contribution in [3.63, 3.8) is 0 Å². The molecule has 0 aliphatic rings. The predicted octanol–water partition coefficient (Wildman–Crippen LogP) is 5.32. The Labute approximate surface area is 182 Å². The molecule has 0 saturated heterocycles. The number of hydrogen-bond acceptors (Lipinski definition) is 5. The summed E-state index contributed by atoms with van der Waals surface area (Å²) in [5.74, 6) is 1.77. The van der Waals surface area contributed by atoms with Gasteiger partial charge in [-0.1, -0.05) is 23.2 Å². The monoisotopic (exact) mass is 439 g/mol. The second kappa shape index (κ2) is 8.52. The zero-order valence-corrected chi connectivity index (χ0v) is 17.2. The number of ether oxygens (including phenoxy) is 1. The van der Waals surface area contributed by atoms with Crippen LogP contribution < -0.4 is 10.1 Å². The van der Waals surface area contributed by atoms with Gasteiger partial charge in [0.15, 0.2) is 5.82 Å². The molecule has 0 atom stereocenters. The molecule has 4 aromatic rings. The topological polar surface area (TPSA) is 81.9 Å². The van der Waals surface area contributed by atoms with E-state index in [1.165, 1.54) is 6.07 Å². The van der Waals surface area contributed by atoms with Gasteiger partial charge in [0, 0.05) is 29.2 Å². The number of hydrogen-bond donors (Lipinski definition) is 1. The van der Waals surface area contributed by atoms with Crippen molar-refractivity contribution in [2.45, 2.75) is 6.92 Å². The van der Waals surface area contributed by atoms with Gasteiger partial charge in [0.1, 0.15) is 11.6 Å². The van der Waals surface area contributed by atoms with Crippen molar-refractivity contribution in [1.82, 2.24) is 19.7 Å². The Morgan fingerprint density at radius 1 is 1.07 bits per heavy atom. The van der Waals surface area contributed by atoms with Gasteiger partial charge in [-0.3, -0.25) is 4.79 Å². The number of rotatable bonds is 5. The van der Waals surface area contributed by atoms with Crippen LogP contribution in [0.25, 0.3) is 5.82 Å². The number of anilines is 1. The van der Waals surface area contributed by atoms with Crippen LogP contribution >= 0.6 is 23.2 Å². The van der Waals surface area contributed by atoms with E-state index in [1.807, 2.05) is 6.07 Å². The minimum absolute atomic E-state index is 0.284. The minimum atomic E-state index is -0.333. The molecule has 0 fully saturated rings. The fraction of sp³-hybridized carbons (Fsp3) is 0.0476. The highest BCUT2D eigenvalue weighted by atomic mass is 35.5. The Morgan fingerprint density at radius 3 is 2.57 bits per heavy atom. The molecule has 150 valence electrons. The number of aromatic nitrogens is 4. The van der Waals surface area contributed by atoms with Crippen LogP contribution in [0.5, 0.6) is 11.6 Å². The number of carbonyl (C=O) groups is 1. The van der Waals surface area contributed by atoms with Crippen molar-refractivity contribution in [1.29, 1.82) is 0 Å². The summed E-state index contributed by atoms with van der Waals surface area (Å²) in [6.45, 7) is 1.78. The number of benzene rings is 2. The van der Waals surface area contributed by atoms with E-state index >= 15 is 0 Å². The molecule has 0 aliphatic heterocycles. The molecule has 0 bridgehead atoms. The zero-order valence-electron chi connectivity index (χ0n) is 15.7. The lowest BCUT2D eigenvalue weighted by Crippen LogP contribution is -2.12. The fourth-order valence-corrected chi connectivity index (χ4v) is 3.19. The van der Waals surface area contributed by atoms with Gasteiger partial charge in [0.05, 0.1) is 10.6 Å². The Balaban J connectivity index is 1.47. The van der Waals surface area contributed by atoms with Crippen molar-refractivity contribution < 1.29 is 9.53 Å². The maximum atomic E-state index is 12.4. The molecule has 1 amide bonds. The summed E-state index contributed by atoms with van der Waals surface area (Å²) in [5.41, 5.74) is 0.929. The van der Waals surface area contributed by atoms with Gasteiger partial charge >= 0.3 is 0 Å². The highest BCUT2D eigenvalue weighted by molar-refractivity contribution is 6.37. The normalized spacial score (nSPS) is 10.6. The molecule has 4 rings (SSSR count). The first-order valence-corrected chi connectivity index (χ1v) is 9.63. The van der Waals surface area contributed by atoms with Crippen LogP contribution in [0.3, 0.4) is 0 Å². The maximum Gasteiger partial charge on any atom is 0.257 e. The standard InChI is InChI=1S/C21H15Cl2N5O2/c1-13-25-19(28-10-2-9-24-28)12-20(26-13)30-16-6-4-15(5-7-16)27-21(29)17-8-3-14(22)11-18(17)23/h2-12H,1H3,(H,27,29). The highest BCUT2D eigenvalue weighted by Crippen LogP contribution is 2.25. The predicted molar refractivity (Wildman–Crippen MR) is 115 cm³/mol. The highest BCUT2D eigenvalue weighted by Gasteiger charge is 2.11. The smallest absolute Gasteiger partial charge is 0.257 e. The van der Waals surface area contributed by atoms with Crippen LogP contribution in [-0.4, -0.2) is 25.7 Å². The molecule has 2 aromatic carbocycles. The number of nitrogens with zero attached hydrogens (tertiary/aromatic N) is 4.